The van der Waals surface area contributed by atoms with Crippen LogP contribution in [0.4, 0.5) is 0 Å². The smallest absolute Gasteiger partial charge is 0.181 e. The summed E-state index contributed by atoms with van der Waals surface area (Å²) in [7, 11) is 0. The molecule has 17 heavy (non-hydrogen) atoms. The Labute approximate surface area is 96.6 Å². The largest absolute Gasteiger partial charge is 0.289 e. The monoisotopic (exact) mass is 220 g/mol. The molecular weight excluding hydrogens is 212 g/mol. The molecule has 0 atom stereocenters. The number of aromatic nitrogens is 4. The van der Waals surface area contributed by atoms with Crippen molar-refractivity contribution in [3.8, 4) is 0 Å². The fourth-order valence-corrected chi connectivity index (χ4v) is 2.20. The number of hydrogen-bond acceptors (Lipinski definition) is 3. The number of nitrogens with zero attached hydrogens (tertiary/aromatic N) is 4. The second kappa shape index (κ2) is 3.01. The molecule has 4 rings (SSSR count). The van der Waals surface area contributed by atoms with Crippen molar-refractivity contribution in [2.75, 3.05) is 0 Å². The highest BCUT2D eigenvalue weighted by Gasteiger charge is 2.07. The lowest BCUT2D eigenvalue weighted by Crippen LogP contribution is -1.88. The van der Waals surface area contributed by atoms with Crippen LogP contribution in [0.2, 0.25) is 0 Å². The summed E-state index contributed by atoms with van der Waals surface area (Å²) in [6.45, 7) is 0. The molecule has 80 valence electrons. The maximum atomic E-state index is 4.48. The zero-order valence-electron chi connectivity index (χ0n) is 8.91. The van der Waals surface area contributed by atoms with Crippen molar-refractivity contribution in [1.29, 1.82) is 0 Å². The van der Waals surface area contributed by atoms with Gasteiger partial charge in [0, 0.05) is 0 Å². The second-order valence-electron chi connectivity index (χ2n) is 3.93. The molecule has 3 heterocycles. The van der Waals surface area contributed by atoms with E-state index in [4.69, 9.17) is 0 Å². The first-order valence-corrected chi connectivity index (χ1v) is 5.39. The molecule has 0 saturated carbocycles. The predicted octanol–water partition coefficient (Wildman–Crippen LogP) is 2.43. The second-order valence-corrected chi connectivity index (χ2v) is 3.93. The van der Waals surface area contributed by atoms with E-state index in [1.807, 2.05) is 18.2 Å². The first kappa shape index (κ1) is 8.64. The van der Waals surface area contributed by atoms with E-state index in [-0.39, 0.29) is 0 Å². The van der Waals surface area contributed by atoms with E-state index in [9.17, 15) is 0 Å². The summed E-state index contributed by atoms with van der Waals surface area (Å²) in [5.74, 6) is 0. The Bertz CT molecular complexity index is 842. The summed E-state index contributed by atoms with van der Waals surface area (Å²) in [4.78, 5) is 12.7. The van der Waals surface area contributed by atoms with Crippen molar-refractivity contribution in [3.63, 3.8) is 0 Å². The van der Waals surface area contributed by atoms with E-state index in [0.29, 0.717) is 0 Å². The van der Waals surface area contributed by atoms with Crippen molar-refractivity contribution < 1.29 is 0 Å². The molecular formula is C13H8N4. The molecule has 4 aromatic rings. The minimum absolute atomic E-state index is 0.733. The van der Waals surface area contributed by atoms with Gasteiger partial charge in [0.05, 0.1) is 11.7 Å². The molecule has 0 amide bonds. The van der Waals surface area contributed by atoms with Gasteiger partial charge in [0.2, 0.25) is 0 Å². The molecule has 4 nitrogen and oxygen atoms in total. The first-order chi connectivity index (χ1) is 8.43. The fraction of sp³-hybridized carbons (Fsp3) is 0. The van der Waals surface area contributed by atoms with Crippen molar-refractivity contribution >= 4 is 27.7 Å². The van der Waals surface area contributed by atoms with Crippen LogP contribution in [0.3, 0.4) is 0 Å². The zero-order chi connectivity index (χ0) is 11.2. The number of pyridine rings is 1. The van der Waals surface area contributed by atoms with Crippen LogP contribution >= 0.6 is 0 Å². The highest BCUT2D eigenvalue weighted by atomic mass is 15.1. The maximum absolute atomic E-state index is 4.48. The minimum atomic E-state index is 0.733. The van der Waals surface area contributed by atoms with E-state index < -0.39 is 0 Å². The van der Waals surface area contributed by atoms with Gasteiger partial charge < -0.3 is 0 Å². The van der Waals surface area contributed by atoms with Gasteiger partial charge in [-0.3, -0.25) is 4.40 Å². The molecule has 0 aliphatic heterocycles. The molecule has 0 spiro atoms. The van der Waals surface area contributed by atoms with E-state index in [0.717, 1.165) is 22.3 Å². The fourth-order valence-electron chi connectivity index (χ4n) is 2.20. The van der Waals surface area contributed by atoms with Gasteiger partial charge in [0.1, 0.15) is 17.5 Å². The summed E-state index contributed by atoms with van der Waals surface area (Å²) in [6, 6.07) is 12.3. The summed E-state index contributed by atoms with van der Waals surface area (Å²) in [6.07, 6.45) is 3.33. The highest BCUT2D eigenvalue weighted by molar-refractivity contribution is 5.88. The molecule has 0 saturated heterocycles. The van der Waals surface area contributed by atoms with Gasteiger partial charge >= 0.3 is 0 Å². The van der Waals surface area contributed by atoms with Gasteiger partial charge in [-0.2, -0.15) is 0 Å². The SMILES string of the molecule is c1ccc2c(c1)ccc1nc3ncncc3n12. The molecule has 0 N–H and O–H groups in total. The Balaban J connectivity index is 2.38. The number of rotatable bonds is 0. The van der Waals surface area contributed by atoms with Crippen LogP contribution in [0.5, 0.6) is 0 Å². The van der Waals surface area contributed by atoms with E-state index in [2.05, 4.69) is 37.6 Å². The average molecular weight is 220 g/mol. The molecule has 1 aromatic carbocycles. The van der Waals surface area contributed by atoms with Crippen LogP contribution in [-0.4, -0.2) is 19.4 Å². The lowest BCUT2D eigenvalue weighted by atomic mass is 10.2. The third-order valence-corrected chi connectivity index (χ3v) is 2.95. The molecule has 0 bridgehead atoms. The van der Waals surface area contributed by atoms with Gasteiger partial charge in [0.15, 0.2) is 5.65 Å². The number of para-hydroxylation sites is 1. The lowest BCUT2D eigenvalue weighted by Gasteiger charge is -2.01. The number of hydrogen-bond donors (Lipinski definition) is 0. The zero-order valence-corrected chi connectivity index (χ0v) is 8.91. The van der Waals surface area contributed by atoms with Gasteiger partial charge in [-0.25, -0.2) is 15.0 Å². The van der Waals surface area contributed by atoms with Crippen molar-refractivity contribution in [2.24, 2.45) is 0 Å². The Morgan fingerprint density at radius 2 is 1.88 bits per heavy atom. The van der Waals surface area contributed by atoms with Crippen LogP contribution < -0.4 is 0 Å². The summed E-state index contributed by atoms with van der Waals surface area (Å²) < 4.78 is 2.09. The third-order valence-electron chi connectivity index (χ3n) is 2.95. The predicted molar refractivity (Wildman–Crippen MR) is 65.8 cm³/mol. The standard InChI is InChI=1S/C13H8N4/c1-2-4-10-9(3-1)5-6-12-16-13-11(17(10)12)7-14-8-15-13/h1-8H. The highest BCUT2D eigenvalue weighted by Crippen LogP contribution is 2.21. The molecule has 0 fully saturated rings. The van der Waals surface area contributed by atoms with Gasteiger partial charge in [-0.05, 0) is 23.6 Å². The Hall–Kier alpha value is -2.49. The first-order valence-electron chi connectivity index (χ1n) is 5.39. The molecule has 0 unspecified atom stereocenters. The molecule has 0 radical (unpaired) electrons. The quantitative estimate of drug-likeness (QED) is 0.457. The number of fused-ring (bicyclic) bond motifs is 5. The van der Waals surface area contributed by atoms with Gasteiger partial charge in [0.25, 0.3) is 0 Å². The van der Waals surface area contributed by atoms with Crippen LogP contribution in [0.15, 0.2) is 48.9 Å². The third kappa shape index (κ3) is 1.09. The minimum Gasteiger partial charge on any atom is -0.289 e. The Morgan fingerprint density at radius 1 is 0.941 bits per heavy atom. The van der Waals surface area contributed by atoms with E-state index in [1.165, 1.54) is 11.7 Å². The van der Waals surface area contributed by atoms with Gasteiger partial charge in [-0.15, -0.1) is 0 Å². The molecule has 4 heteroatoms. The van der Waals surface area contributed by atoms with Crippen LogP contribution in [0.25, 0.3) is 27.7 Å². The van der Waals surface area contributed by atoms with Crippen molar-refractivity contribution in [1.82, 2.24) is 19.4 Å². The van der Waals surface area contributed by atoms with Gasteiger partial charge in [-0.1, -0.05) is 18.2 Å². The lowest BCUT2D eigenvalue weighted by molar-refractivity contribution is 1.19. The van der Waals surface area contributed by atoms with E-state index in [1.54, 1.807) is 6.20 Å². The average Bonchev–Trinajstić information content (AvgIpc) is 2.77. The molecule has 0 aliphatic carbocycles. The molecule has 3 aromatic heterocycles. The Morgan fingerprint density at radius 3 is 2.88 bits per heavy atom. The summed E-state index contributed by atoms with van der Waals surface area (Å²) in [5, 5.41) is 1.18. The van der Waals surface area contributed by atoms with Crippen LogP contribution in [0.1, 0.15) is 0 Å². The normalized spacial score (nSPS) is 11.5. The van der Waals surface area contributed by atoms with Crippen molar-refractivity contribution in [2.45, 2.75) is 0 Å². The Kier molecular flexibility index (Phi) is 1.53. The maximum Gasteiger partial charge on any atom is 0.181 e. The van der Waals surface area contributed by atoms with Crippen molar-refractivity contribution in [3.05, 3.63) is 48.9 Å². The summed E-state index contributed by atoms with van der Waals surface area (Å²) >= 11 is 0. The topological polar surface area (TPSA) is 43.1 Å². The van der Waals surface area contributed by atoms with Crippen LogP contribution in [-0.2, 0) is 0 Å². The van der Waals surface area contributed by atoms with E-state index >= 15 is 0 Å². The van der Waals surface area contributed by atoms with Crippen LogP contribution in [0, 0.1) is 0 Å². The summed E-state index contributed by atoms with van der Waals surface area (Å²) in [5.41, 5.74) is 3.71. The number of benzene rings is 1. The molecule has 0 aliphatic rings. The number of imidazole rings is 1.